The highest BCUT2D eigenvalue weighted by Gasteiger charge is 2.19. The van der Waals surface area contributed by atoms with E-state index in [1.807, 2.05) is 12.1 Å². The van der Waals surface area contributed by atoms with Crippen LogP contribution in [-0.2, 0) is 12.8 Å². The summed E-state index contributed by atoms with van der Waals surface area (Å²) < 4.78 is 5.29. The second kappa shape index (κ2) is 3.62. The maximum Gasteiger partial charge on any atom is 0.119 e. The first kappa shape index (κ1) is 10.4. The van der Waals surface area contributed by atoms with E-state index in [4.69, 9.17) is 15.5 Å². The Balaban J connectivity index is 2.39. The van der Waals surface area contributed by atoms with Crippen molar-refractivity contribution in [3.05, 3.63) is 29.0 Å². The molecule has 0 unspecified atom stereocenters. The first-order valence-electron chi connectivity index (χ1n) is 5.96. The molecule has 88 valence electrons. The average Bonchev–Trinajstić information content (AvgIpc) is 2.79. The third-order valence-corrected chi connectivity index (χ3v) is 3.56. The highest BCUT2D eigenvalue weighted by molar-refractivity contribution is 5.95. The number of ether oxygens (including phenoxy) is 1. The minimum absolute atomic E-state index is 0.849. The average molecular weight is 228 g/mol. The van der Waals surface area contributed by atoms with Gasteiger partial charge in [-0.3, -0.25) is 4.98 Å². The number of anilines is 1. The lowest BCUT2D eigenvalue weighted by molar-refractivity contribution is 0.415. The molecule has 3 rings (SSSR count). The highest BCUT2D eigenvalue weighted by Crippen LogP contribution is 2.35. The van der Waals surface area contributed by atoms with Gasteiger partial charge in [-0.2, -0.15) is 0 Å². The molecule has 1 heterocycles. The molecule has 0 aliphatic heterocycles. The molecule has 0 atom stereocenters. The molecular weight excluding hydrogens is 212 g/mol. The van der Waals surface area contributed by atoms with Crippen LogP contribution >= 0.6 is 0 Å². The fourth-order valence-electron chi connectivity index (χ4n) is 2.66. The van der Waals surface area contributed by atoms with Crippen LogP contribution < -0.4 is 10.5 Å². The predicted octanol–water partition coefficient (Wildman–Crippen LogP) is 2.62. The van der Waals surface area contributed by atoms with Crippen molar-refractivity contribution in [3.8, 4) is 5.75 Å². The number of aryl methyl sites for hydroxylation is 2. The van der Waals surface area contributed by atoms with Gasteiger partial charge in [0.1, 0.15) is 5.75 Å². The monoisotopic (exact) mass is 228 g/mol. The number of methoxy groups -OCH3 is 1. The fourth-order valence-corrected chi connectivity index (χ4v) is 2.66. The van der Waals surface area contributed by atoms with E-state index in [9.17, 15) is 0 Å². The number of hydrogen-bond acceptors (Lipinski definition) is 3. The molecule has 0 saturated carbocycles. The zero-order chi connectivity index (χ0) is 12.0. The first-order valence-corrected chi connectivity index (χ1v) is 5.96. The molecular formula is C14H16N2O. The van der Waals surface area contributed by atoms with Crippen molar-refractivity contribution in [2.75, 3.05) is 12.8 Å². The van der Waals surface area contributed by atoms with Crippen molar-refractivity contribution in [1.29, 1.82) is 0 Å². The van der Waals surface area contributed by atoms with Crippen LogP contribution in [-0.4, -0.2) is 12.1 Å². The number of hydrogen-bond donors (Lipinski definition) is 1. The van der Waals surface area contributed by atoms with Crippen LogP contribution in [0.4, 0.5) is 5.69 Å². The van der Waals surface area contributed by atoms with E-state index >= 15 is 0 Å². The Bertz CT molecular complexity index is 605. The SMILES string of the molecule is COc1cc(C)c2nc3c(c(N)c2c1)CCC3. The summed E-state index contributed by atoms with van der Waals surface area (Å²) in [6.45, 7) is 2.05. The lowest BCUT2D eigenvalue weighted by Gasteiger charge is -2.11. The molecule has 0 bridgehead atoms. The normalized spacial score (nSPS) is 14.0. The Hall–Kier alpha value is -1.77. The standard InChI is InChI=1S/C14H16N2O/c1-8-6-9(17-2)7-11-13(15)10-4-3-5-12(10)16-14(8)11/h6-7H,3-5H2,1-2H3,(H2,15,16). The molecule has 1 aliphatic carbocycles. The summed E-state index contributed by atoms with van der Waals surface area (Å²) in [6.07, 6.45) is 3.28. The topological polar surface area (TPSA) is 48.1 Å². The molecule has 3 nitrogen and oxygen atoms in total. The third-order valence-electron chi connectivity index (χ3n) is 3.56. The van der Waals surface area contributed by atoms with Crippen LogP contribution in [0.1, 0.15) is 23.2 Å². The van der Waals surface area contributed by atoms with Crippen LogP contribution in [0.15, 0.2) is 12.1 Å². The van der Waals surface area contributed by atoms with Gasteiger partial charge in [-0.25, -0.2) is 0 Å². The number of nitrogens with two attached hydrogens (primary N) is 1. The molecule has 3 heteroatoms. The largest absolute Gasteiger partial charge is 0.497 e. The third kappa shape index (κ3) is 1.46. The summed E-state index contributed by atoms with van der Waals surface area (Å²) in [5.74, 6) is 0.849. The van der Waals surface area contributed by atoms with Crippen LogP contribution in [0.2, 0.25) is 0 Å². The van der Waals surface area contributed by atoms with Crippen LogP contribution in [0.5, 0.6) is 5.75 Å². The van der Waals surface area contributed by atoms with Crippen molar-refractivity contribution in [3.63, 3.8) is 0 Å². The molecule has 2 N–H and O–H groups in total. The van der Waals surface area contributed by atoms with E-state index in [2.05, 4.69) is 6.92 Å². The molecule has 0 radical (unpaired) electrons. The molecule has 0 saturated heterocycles. The fraction of sp³-hybridized carbons (Fsp3) is 0.357. The van der Waals surface area contributed by atoms with Crippen LogP contribution in [0.3, 0.4) is 0 Å². The Morgan fingerprint density at radius 2 is 2.12 bits per heavy atom. The maximum atomic E-state index is 6.27. The Morgan fingerprint density at radius 3 is 2.88 bits per heavy atom. The number of benzene rings is 1. The summed E-state index contributed by atoms with van der Waals surface area (Å²) in [6, 6.07) is 4.00. The second-order valence-corrected chi connectivity index (χ2v) is 4.64. The number of fused-ring (bicyclic) bond motifs is 2. The van der Waals surface area contributed by atoms with E-state index in [0.29, 0.717) is 0 Å². The van der Waals surface area contributed by atoms with Crippen LogP contribution in [0, 0.1) is 6.92 Å². The maximum absolute atomic E-state index is 6.27. The molecule has 1 aromatic heterocycles. The van der Waals surface area contributed by atoms with Crippen molar-refractivity contribution in [1.82, 2.24) is 4.98 Å². The van der Waals surface area contributed by atoms with Gasteiger partial charge in [0.25, 0.3) is 0 Å². The summed E-state index contributed by atoms with van der Waals surface area (Å²) in [5, 5.41) is 1.03. The lowest BCUT2D eigenvalue weighted by atomic mass is 10.0. The van der Waals surface area contributed by atoms with Gasteiger partial charge in [-0.05, 0) is 49.4 Å². The molecule has 1 aromatic carbocycles. The van der Waals surface area contributed by atoms with Gasteiger partial charge < -0.3 is 10.5 Å². The Morgan fingerprint density at radius 1 is 1.29 bits per heavy atom. The van der Waals surface area contributed by atoms with Crippen molar-refractivity contribution >= 4 is 16.6 Å². The molecule has 2 aromatic rings. The van der Waals surface area contributed by atoms with E-state index in [1.165, 1.54) is 17.7 Å². The minimum Gasteiger partial charge on any atom is -0.497 e. The first-order chi connectivity index (χ1) is 8.20. The second-order valence-electron chi connectivity index (χ2n) is 4.64. The van der Waals surface area contributed by atoms with E-state index in [1.54, 1.807) is 7.11 Å². The van der Waals surface area contributed by atoms with Crippen LogP contribution in [0.25, 0.3) is 10.9 Å². The van der Waals surface area contributed by atoms with Crippen molar-refractivity contribution < 1.29 is 4.74 Å². The van der Waals surface area contributed by atoms with Gasteiger partial charge >= 0.3 is 0 Å². The van der Waals surface area contributed by atoms with Gasteiger partial charge in [0.15, 0.2) is 0 Å². The number of nitrogen functional groups attached to an aromatic ring is 1. The number of pyridine rings is 1. The molecule has 0 spiro atoms. The van der Waals surface area contributed by atoms with E-state index in [0.717, 1.165) is 40.7 Å². The van der Waals surface area contributed by atoms with Gasteiger partial charge in [-0.15, -0.1) is 0 Å². The van der Waals surface area contributed by atoms with Gasteiger partial charge in [-0.1, -0.05) is 0 Å². The summed E-state index contributed by atoms with van der Waals surface area (Å²) in [7, 11) is 1.68. The quantitative estimate of drug-likeness (QED) is 0.816. The summed E-state index contributed by atoms with van der Waals surface area (Å²) >= 11 is 0. The molecule has 0 fully saturated rings. The van der Waals surface area contributed by atoms with E-state index < -0.39 is 0 Å². The smallest absolute Gasteiger partial charge is 0.119 e. The summed E-state index contributed by atoms with van der Waals surface area (Å²) in [5.41, 5.74) is 11.7. The molecule has 0 amide bonds. The highest BCUT2D eigenvalue weighted by atomic mass is 16.5. The predicted molar refractivity (Wildman–Crippen MR) is 69.5 cm³/mol. The molecule has 17 heavy (non-hydrogen) atoms. The zero-order valence-electron chi connectivity index (χ0n) is 10.2. The van der Waals surface area contributed by atoms with E-state index in [-0.39, 0.29) is 0 Å². The minimum atomic E-state index is 0.849. The van der Waals surface area contributed by atoms with Gasteiger partial charge in [0.05, 0.1) is 12.6 Å². The van der Waals surface area contributed by atoms with Crippen molar-refractivity contribution in [2.24, 2.45) is 0 Å². The summed E-state index contributed by atoms with van der Waals surface area (Å²) in [4.78, 5) is 4.76. The number of nitrogens with zero attached hydrogens (tertiary/aromatic N) is 1. The van der Waals surface area contributed by atoms with Gasteiger partial charge in [0, 0.05) is 16.8 Å². The zero-order valence-corrected chi connectivity index (χ0v) is 10.2. The Labute approximate surface area is 101 Å². The lowest BCUT2D eigenvalue weighted by Crippen LogP contribution is -2.00. The Kier molecular flexibility index (Phi) is 2.21. The number of rotatable bonds is 1. The molecule has 1 aliphatic rings. The number of aromatic nitrogens is 1. The van der Waals surface area contributed by atoms with Gasteiger partial charge in [0.2, 0.25) is 0 Å². The van der Waals surface area contributed by atoms with Crippen molar-refractivity contribution in [2.45, 2.75) is 26.2 Å².